The van der Waals surface area contributed by atoms with Crippen LogP contribution in [-0.4, -0.2) is 76.5 Å². The highest BCUT2D eigenvalue weighted by Gasteiger charge is 2.53. The van der Waals surface area contributed by atoms with Crippen molar-refractivity contribution in [3.8, 4) is 0 Å². The number of nitrogens with one attached hydrogen (secondary N) is 1. The van der Waals surface area contributed by atoms with Crippen LogP contribution in [0.4, 0.5) is 0 Å². The molecule has 1 N–H and O–H groups in total. The summed E-state index contributed by atoms with van der Waals surface area (Å²) in [4.78, 5) is 25.8. The number of nitrogens with zero attached hydrogens (tertiary/aromatic N) is 2. The van der Waals surface area contributed by atoms with E-state index < -0.39 is 0 Å². The van der Waals surface area contributed by atoms with E-state index in [0.29, 0.717) is 37.6 Å². The van der Waals surface area contributed by atoms with Crippen molar-refractivity contribution >= 4 is 44.7 Å². The maximum Gasteiger partial charge on any atom is 0.220 e. The Morgan fingerprint density at radius 3 is 1.38 bits per heavy atom. The third kappa shape index (κ3) is 10.0. The topological polar surface area (TPSA) is 52.2 Å². The smallest absolute Gasteiger partial charge is 0.220 e. The first-order valence-corrected chi connectivity index (χ1v) is 22.2. The molecule has 0 aromatic heterocycles. The van der Waals surface area contributed by atoms with Crippen molar-refractivity contribution in [2.24, 2.45) is 0 Å². The highest BCUT2D eigenvalue weighted by atomic mass is 35.5. The molecule has 0 saturated heterocycles. The SMILES string of the molecule is CC1[N+](C)=C(CCC(=O)CCCSSCCNC(=O)CCC2=[N+](C)C(C)C(c3ccccc3)(c3ccccc3)C2)CC1(c1ccccc1)c1ccccc1.[Cl-].[Cl-]. The highest BCUT2D eigenvalue weighted by molar-refractivity contribution is 8.76. The van der Waals surface area contributed by atoms with Crippen molar-refractivity contribution < 1.29 is 43.6 Å². The zero-order valence-corrected chi connectivity index (χ0v) is 36.4. The van der Waals surface area contributed by atoms with Gasteiger partial charge >= 0.3 is 0 Å². The first-order chi connectivity index (χ1) is 26.3. The third-order valence-electron chi connectivity index (χ3n) is 12.3. The van der Waals surface area contributed by atoms with Gasteiger partial charge in [-0.3, -0.25) is 9.59 Å². The van der Waals surface area contributed by atoms with Crippen LogP contribution in [0, 0.1) is 0 Å². The van der Waals surface area contributed by atoms with E-state index in [0.717, 1.165) is 43.6 Å². The molecule has 0 fully saturated rings. The van der Waals surface area contributed by atoms with Gasteiger partial charge in [-0.05, 0) is 42.5 Å². The van der Waals surface area contributed by atoms with Crippen LogP contribution in [0.2, 0.25) is 0 Å². The number of carbonyl (C=O) groups is 2. The molecule has 2 aliphatic heterocycles. The van der Waals surface area contributed by atoms with E-state index >= 15 is 0 Å². The van der Waals surface area contributed by atoms with Gasteiger partial charge in [0.2, 0.25) is 5.91 Å². The van der Waals surface area contributed by atoms with E-state index in [9.17, 15) is 9.59 Å². The number of Topliss-reactive ketones (excluding diaryl/α,β-unsaturated/α-hetero) is 1. The van der Waals surface area contributed by atoms with Crippen molar-refractivity contribution in [2.75, 3.05) is 32.1 Å². The average Bonchev–Trinajstić information content (AvgIpc) is 3.63. The summed E-state index contributed by atoms with van der Waals surface area (Å²) in [6, 6.07) is 44.0. The molecule has 5 nitrogen and oxygen atoms in total. The summed E-state index contributed by atoms with van der Waals surface area (Å²) in [5.74, 6) is 2.26. The molecule has 2 atom stereocenters. The molecule has 0 spiro atoms. The van der Waals surface area contributed by atoms with E-state index in [1.54, 1.807) is 21.6 Å². The summed E-state index contributed by atoms with van der Waals surface area (Å²) in [5.41, 5.74) is 7.78. The lowest BCUT2D eigenvalue weighted by atomic mass is 9.68. The number of amides is 1. The number of hydrogen-bond donors (Lipinski definition) is 1. The number of halogens is 2. The van der Waals surface area contributed by atoms with Crippen molar-refractivity contribution in [3.63, 3.8) is 0 Å². The van der Waals surface area contributed by atoms with E-state index in [2.05, 4.69) is 164 Å². The summed E-state index contributed by atoms with van der Waals surface area (Å²) in [5, 5.41) is 3.14. The van der Waals surface area contributed by atoms with Gasteiger partial charge in [-0.25, -0.2) is 9.15 Å². The first-order valence-electron chi connectivity index (χ1n) is 19.7. The van der Waals surface area contributed by atoms with Crippen molar-refractivity contribution in [3.05, 3.63) is 144 Å². The molecule has 4 aromatic carbocycles. The number of likely N-dealkylation sites (N-methyl/N-ethyl adjacent to an activating group) is 2. The molecular formula is C47H57Cl2N3O2S2. The monoisotopic (exact) mass is 829 g/mol. The van der Waals surface area contributed by atoms with Crippen LogP contribution in [-0.2, 0) is 20.4 Å². The van der Waals surface area contributed by atoms with E-state index in [1.807, 2.05) is 0 Å². The van der Waals surface area contributed by atoms with Gasteiger partial charge in [-0.2, -0.15) is 0 Å². The molecule has 2 heterocycles. The molecule has 2 unspecified atom stereocenters. The molecular weight excluding hydrogens is 774 g/mol. The average molecular weight is 831 g/mol. The summed E-state index contributed by atoms with van der Waals surface area (Å²) in [7, 11) is 7.97. The quantitative estimate of drug-likeness (QED) is 0.0953. The predicted octanol–water partition coefficient (Wildman–Crippen LogP) is 3.13. The largest absolute Gasteiger partial charge is 1.00 e. The Hall–Kier alpha value is -3.36. The van der Waals surface area contributed by atoms with Crippen molar-refractivity contribution in [2.45, 2.75) is 88.1 Å². The van der Waals surface area contributed by atoms with Crippen LogP contribution in [0.25, 0.3) is 0 Å². The maximum atomic E-state index is 13.0. The van der Waals surface area contributed by atoms with Gasteiger partial charge in [0.1, 0.15) is 19.9 Å². The third-order valence-corrected chi connectivity index (χ3v) is 14.8. The molecule has 6 rings (SSSR count). The summed E-state index contributed by atoms with van der Waals surface area (Å²) >= 11 is 0. The lowest BCUT2D eigenvalue weighted by molar-refractivity contribution is -0.533. The molecule has 9 heteroatoms. The number of carbonyl (C=O) groups excluding carboxylic acids is 2. The van der Waals surface area contributed by atoms with Crippen LogP contribution in [0.1, 0.15) is 87.5 Å². The second-order valence-electron chi connectivity index (χ2n) is 15.1. The Kier molecular flexibility index (Phi) is 17.3. The first kappa shape index (κ1) is 45.3. The summed E-state index contributed by atoms with van der Waals surface area (Å²) in [6.45, 7) is 5.30. The fourth-order valence-corrected chi connectivity index (χ4v) is 11.0. The number of benzene rings is 4. The van der Waals surface area contributed by atoms with Gasteiger partial charge in [0.05, 0.1) is 10.8 Å². The standard InChI is InChI=1S/C47H56N3O2S2.2ClH/c1-36-46(38-18-9-5-10-19-38,39-20-11-6-12-21-39)34-42(49(36)3)27-29-44(51)26-17-32-53-54-33-31-48-45(52)30-28-43-35-47(37(2)50(43)4,40-22-13-7-14-23-40)41-24-15-8-16-25-41;;/h5-16,18-25,36-37H,17,26-35H2,1-4H3;2*1H/q+1;;/p-1. The van der Waals surface area contributed by atoms with Gasteiger partial charge in [-0.15, -0.1) is 0 Å². The molecule has 1 amide bonds. The predicted molar refractivity (Wildman–Crippen MR) is 229 cm³/mol. The second-order valence-corrected chi connectivity index (χ2v) is 17.8. The van der Waals surface area contributed by atoms with Crippen molar-refractivity contribution in [1.29, 1.82) is 0 Å². The van der Waals surface area contributed by atoms with Gasteiger partial charge < -0.3 is 30.1 Å². The molecule has 56 heavy (non-hydrogen) atoms. The van der Waals surface area contributed by atoms with E-state index in [4.69, 9.17) is 0 Å². The fourth-order valence-electron chi connectivity index (χ4n) is 9.01. The van der Waals surface area contributed by atoms with E-state index in [1.165, 1.54) is 33.7 Å². The van der Waals surface area contributed by atoms with Crippen LogP contribution < -0.4 is 30.1 Å². The molecule has 2 aliphatic rings. The zero-order chi connectivity index (χ0) is 38.0. The minimum Gasteiger partial charge on any atom is -1.00 e. The maximum absolute atomic E-state index is 13.0. The zero-order valence-electron chi connectivity index (χ0n) is 33.3. The Labute approximate surface area is 355 Å². The molecule has 0 saturated carbocycles. The normalized spacial score (nSPS) is 18.3. The van der Waals surface area contributed by atoms with E-state index in [-0.39, 0.29) is 47.6 Å². The molecule has 0 aliphatic carbocycles. The van der Waals surface area contributed by atoms with Crippen LogP contribution >= 0.6 is 21.6 Å². The Morgan fingerprint density at radius 1 is 0.589 bits per heavy atom. The van der Waals surface area contributed by atoms with Gasteiger partial charge in [0.15, 0.2) is 23.5 Å². The molecule has 298 valence electrons. The Balaban J connectivity index is 0.00000348. The summed E-state index contributed by atoms with van der Waals surface area (Å²) in [6.07, 6.45) is 6.05. The minimum absolute atomic E-state index is 0. The summed E-state index contributed by atoms with van der Waals surface area (Å²) < 4.78 is 4.83. The van der Waals surface area contributed by atoms with Crippen LogP contribution in [0.3, 0.4) is 0 Å². The van der Waals surface area contributed by atoms with Crippen LogP contribution in [0.15, 0.2) is 121 Å². The highest BCUT2D eigenvalue weighted by Crippen LogP contribution is 2.45. The van der Waals surface area contributed by atoms with Crippen molar-refractivity contribution in [1.82, 2.24) is 5.32 Å². The molecule has 4 aromatic rings. The van der Waals surface area contributed by atoms with Gasteiger partial charge in [0.25, 0.3) is 0 Å². The van der Waals surface area contributed by atoms with Gasteiger partial charge in [0, 0.05) is 63.0 Å². The molecule has 0 bridgehead atoms. The van der Waals surface area contributed by atoms with Gasteiger partial charge in [-0.1, -0.05) is 143 Å². The Bertz CT molecular complexity index is 1700. The fraction of sp³-hybridized carbons (Fsp3) is 0.404. The Morgan fingerprint density at radius 2 is 0.964 bits per heavy atom. The lowest BCUT2D eigenvalue weighted by Crippen LogP contribution is -3.00. The number of rotatable bonds is 18. The minimum atomic E-state index is -0.135. The molecule has 0 radical (unpaired) electrons. The number of ketones is 1. The lowest BCUT2D eigenvalue weighted by Gasteiger charge is -2.31. The van der Waals surface area contributed by atoms with Crippen LogP contribution in [0.5, 0.6) is 0 Å². The number of hydrogen-bond acceptors (Lipinski definition) is 4. The second kappa shape index (κ2) is 21.4.